The lowest BCUT2D eigenvalue weighted by Gasteiger charge is -2.38. The van der Waals surface area contributed by atoms with Gasteiger partial charge in [-0.1, -0.05) is 56.7 Å². The van der Waals surface area contributed by atoms with Gasteiger partial charge in [0.15, 0.2) is 0 Å². The van der Waals surface area contributed by atoms with Crippen molar-refractivity contribution >= 4 is 11.9 Å². The molecule has 0 aliphatic heterocycles. The second kappa shape index (κ2) is 12.7. The largest absolute Gasteiger partial charge is 0.478 e. The highest BCUT2D eigenvalue weighted by molar-refractivity contribution is 5.87. The summed E-state index contributed by atoms with van der Waals surface area (Å²) >= 11 is 0. The van der Waals surface area contributed by atoms with Gasteiger partial charge >= 0.3 is 11.9 Å². The Labute approximate surface area is 172 Å². The SMILES string of the molecule is CCCC(O)(CC)C(C)(C)O.O=C(O)c1ccccc1.O=C(O)c1ccccc1. The molecule has 160 valence electrons. The molecule has 0 saturated heterocycles. The monoisotopic (exact) mass is 404 g/mol. The van der Waals surface area contributed by atoms with Gasteiger partial charge in [0, 0.05) is 0 Å². The van der Waals surface area contributed by atoms with Crippen LogP contribution in [0.1, 0.15) is 67.7 Å². The Balaban J connectivity index is 0.000000408. The average molecular weight is 405 g/mol. The number of carboxylic acids is 2. The van der Waals surface area contributed by atoms with Crippen molar-refractivity contribution in [3.63, 3.8) is 0 Å². The maximum Gasteiger partial charge on any atom is 0.335 e. The van der Waals surface area contributed by atoms with E-state index in [1.165, 1.54) is 0 Å². The van der Waals surface area contributed by atoms with Gasteiger partial charge in [0.2, 0.25) is 0 Å². The highest BCUT2D eigenvalue weighted by Crippen LogP contribution is 2.29. The van der Waals surface area contributed by atoms with Crippen molar-refractivity contribution in [2.45, 2.75) is 58.2 Å². The lowest BCUT2D eigenvalue weighted by atomic mass is 9.80. The molecular formula is C23H32O6. The van der Waals surface area contributed by atoms with Gasteiger partial charge in [0.25, 0.3) is 0 Å². The Morgan fingerprint density at radius 3 is 1.24 bits per heavy atom. The van der Waals surface area contributed by atoms with E-state index in [4.69, 9.17) is 10.2 Å². The zero-order valence-electron chi connectivity index (χ0n) is 17.5. The second-order valence-corrected chi connectivity index (χ2v) is 7.04. The molecule has 29 heavy (non-hydrogen) atoms. The van der Waals surface area contributed by atoms with Crippen LogP contribution in [-0.4, -0.2) is 43.6 Å². The first-order chi connectivity index (χ1) is 13.5. The van der Waals surface area contributed by atoms with Gasteiger partial charge in [0.05, 0.1) is 22.3 Å². The third kappa shape index (κ3) is 9.87. The fourth-order valence-corrected chi connectivity index (χ4v) is 2.49. The van der Waals surface area contributed by atoms with Crippen LogP contribution < -0.4 is 0 Å². The molecule has 1 unspecified atom stereocenters. The summed E-state index contributed by atoms with van der Waals surface area (Å²) in [5.41, 5.74) is -1.24. The minimum atomic E-state index is -0.988. The van der Waals surface area contributed by atoms with Gasteiger partial charge in [-0.15, -0.1) is 0 Å². The van der Waals surface area contributed by atoms with E-state index in [1.54, 1.807) is 74.5 Å². The molecule has 4 N–H and O–H groups in total. The fourth-order valence-electron chi connectivity index (χ4n) is 2.49. The number of benzene rings is 2. The van der Waals surface area contributed by atoms with Crippen LogP contribution in [-0.2, 0) is 0 Å². The van der Waals surface area contributed by atoms with Crippen LogP contribution in [0, 0.1) is 0 Å². The standard InChI is InChI=1S/C9H20O2.2C7H6O2/c1-5-7-9(11,6-2)8(3,4)10;2*8-7(9)6-4-2-1-3-5-6/h10-11H,5-7H2,1-4H3;2*1-5H,(H,8,9). The molecule has 0 aliphatic rings. The molecule has 0 aliphatic carbocycles. The molecule has 0 fully saturated rings. The molecule has 0 saturated carbocycles. The van der Waals surface area contributed by atoms with Gasteiger partial charge in [-0.3, -0.25) is 0 Å². The van der Waals surface area contributed by atoms with Gasteiger partial charge in [0.1, 0.15) is 0 Å². The van der Waals surface area contributed by atoms with Crippen LogP contribution in [0.3, 0.4) is 0 Å². The highest BCUT2D eigenvalue weighted by atomic mass is 16.4. The Hall–Kier alpha value is -2.70. The second-order valence-electron chi connectivity index (χ2n) is 7.04. The van der Waals surface area contributed by atoms with Gasteiger partial charge in [-0.25, -0.2) is 9.59 Å². The van der Waals surface area contributed by atoms with E-state index in [1.807, 2.05) is 13.8 Å². The van der Waals surface area contributed by atoms with Crippen LogP contribution >= 0.6 is 0 Å². The summed E-state index contributed by atoms with van der Waals surface area (Å²) in [4.78, 5) is 20.4. The minimum absolute atomic E-state index is 0.331. The van der Waals surface area contributed by atoms with Crippen molar-refractivity contribution in [1.82, 2.24) is 0 Å². The first-order valence-corrected chi connectivity index (χ1v) is 9.50. The molecule has 2 aromatic rings. The molecule has 6 nitrogen and oxygen atoms in total. The summed E-state index contributed by atoms with van der Waals surface area (Å²) in [6, 6.07) is 16.6. The van der Waals surface area contributed by atoms with E-state index in [0.29, 0.717) is 24.0 Å². The summed E-state index contributed by atoms with van der Waals surface area (Å²) in [6.45, 7) is 7.22. The Bertz CT molecular complexity index is 673. The van der Waals surface area contributed by atoms with Crippen LogP contribution in [0.2, 0.25) is 0 Å². The quantitative estimate of drug-likeness (QED) is 0.565. The molecule has 0 spiro atoms. The molecule has 0 amide bonds. The Morgan fingerprint density at radius 2 is 1.10 bits per heavy atom. The lowest BCUT2D eigenvalue weighted by Crippen LogP contribution is -2.49. The molecule has 2 aromatic carbocycles. The number of hydrogen-bond acceptors (Lipinski definition) is 4. The van der Waals surface area contributed by atoms with E-state index in [2.05, 4.69) is 0 Å². The Kier molecular flexibility index (Phi) is 11.5. The number of aliphatic hydroxyl groups is 2. The molecule has 6 heteroatoms. The minimum Gasteiger partial charge on any atom is -0.478 e. The maximum atomic E-state index is 10.2. The lowest BCUT2D eigenvalue weighted by molar-refractivity contribution is -0.137. The highest BCUT2D eigenvalue weighted by Gasteiger charge is 2.39. The van der Waals surface area contributed by atoms with Crippen LogP contribution in [0.15, 0.2) is 60.7 Å². The van der Waals surface area contributed by atoms with E-state index >= 15 is 0 Å². The number of aromatic carboxylic acids is 2. The van der Waals surface area contributed by atoms with Crippen LogP contribution in [0.4, 0.5) is 0 Å². The number of carbonyl (C=O) groups is 2. The van der Waals surface area contributed by atoms with E-state index in [9.17, 15) is 19.8 Å². The summed E-state index contributed by atoms with van der Waals surface area (Å²) in [5, 5.41) is 36.3. The number of hydrogen-bond donors (Lipinski definition) is 4. The van der Waals surface area contributed by atoms with Gasteiger partial charge in [-0.05, 0) is 51.0 Å². The van der Waals surface area contributed by atoms with Crippen molar-refractivity contribution in [1.29, 1.82) is 0 Å². The predicted molar refractivity (Wildman–Crippen MR) is 113 cm³/mol. The zero-order chi connectivity index (χ0) is 22.5. The summed E-state index contributed by atoms with van der Waals surface area (Å²) < 4.78 is 0. The molecule has 0 radical (unpaired) electrons. The van der Waals surface area contributed by atoms with E-state index < -0.39 is 23.1 Å². The van der Waals surface area contributed by atoms with E-state index in [0.717, 1.165) is 6.42 Å². The summed E-state index contributed by atoms with van der Waals surface area (Å²) in [5.74, 6) is -1.76. The third-order valence-electron chi connectivity index (χ3n) is 4.43. The van der Waals surface area contributed by atoms with Gasteiger partial charge < -0.3 is 20.4 Å². The van der Waals surface area contributed by atoms with Crippen molar-refractivity contribution < 1.29 is 30.0 Å². The van der Waals surface area contributed by atoms with Crippen LogP contribution in [0.25, 0.3) is 0 Å². The molecule has 2 rings (SSSR count). The summed E-state index contributed by atoms with van der Waals surface area (Å²) in [6.07, 6.45) is 2.16. The Morgan fingerprint density at radius 1 is 0.759 bits per heavy atom. The molecular weight excluding hydrogens is 372 g/mol. The average Bonchev–Trinajstić information content (AvgIpc) is 2.69. The molecule has 0 aromatic heterocycles. The molecule has 1 atom stereocenters. The summed E-state index contributed by atoms with van der Waals surface area (Å²) in [7, 11) is 0. The first kappa shape index (κ1) is 26.3. The third-order valence-corrected chi connectivity index (χ3v) is 4.43. The van der Waals surface area contributed by atoms with Gasteiger partial charge in [-0.2, -0.15) is 0 Å². The first-order valence-electron chi connectivity index (χ1n) is 9.50. The predicted octanol–water partition coefficient (Wildman–Crippen LogP) is 4.47. The molecule has 0 bridgehead atoms. The maximum absolute atomic E-state index is 10.2. The van der Waals surface area contributed by atoms with E-state index in [-0.39, 0.29) is 0 Å². The fraction of sp³-hybridized carbons (Fsp3) is 0.391. The normalized spacial score (nSPS) is 12.3. The van der Waals surface area contributed by atoms with Crippen molar-refractivity contribution in [3.8, 4) is 0 Å². The number of rotatable bonds is 6. The molecule has 0 heterocycles. The number of carboxylic acid groups (broad SMARTS) is 2. The topological polar surface area (TPSA) is 115 Å². The van der Waals surface area contributed by atoms with Crippen molar-refractivity contribution in [2.24, 2.45) is 0 Å². The van der Waals surface area contributed by atoms with Crippen molar-refractivity contribution in [3.05, 3.63) is 71.8 Å². The van der Waals surface area contributed by atoms with Crippen LogP contribution in [0.5, 0.6) is 0 Å². The van der Waals surface area contributed by atoms with Crippen molar-refractivity contribution in [2.75, 3.05) is 0 Å². The zero-order valence-corrected chi connectivity index (χ0v) is 17.5. The smallest absolute Gasteiger partial charge is 0.335 e.